The topological polar surface area (TPSA) is 89.9 Å². The number of aliphatic hydroxyl groups is 1. The molecule has 1 rings (SSSR count). The lowest BCUT2D eigenvalue weighted by atomic mass is 9.84. The minimum absolute atomic E-state index is 0.0164. The Kier molecular flexibility index (Phi) is 5.91. The molecule has 0 aromatic carbocycles. The van der Waals surface area contributed by atoms with Crippen molar-refractivity contribution in [2.24, 2.45) is 5.92 Å². The van der Waals surface area contributed by atoms with Crippen LogP contribution in [0.2, 0.25) is 0 Å². The fourth-order valence-corrected chi connectivity index (χ4v) is 2.34. The van der Waals surface area contributed by atoms with Crippen molar-refractivity contribution in [3.8, 4) is 0 Å². The van der Waals surface area contributed by atoms with E-state index in [1.165, 1.54) is 11.9 Å². The third-order valence-corrected chi connectivity index (χ3v) is 3.45. The molecule has 0 aromatic rings. The largest absolute Gasteiger partial charge is 0.480 e. The van der Waals surface area contributed by atoms with Crippen molar-refractivity contribution in [2.75, 3.05) is 20.2 Å². The lowest BCUT2D eigenvalue weighted by molar-refractivity contribution is -0.141. The van der Waals surface area contributed by atoms with Gasteiger partial charge in [0.25, 0.3) is 0 Å². The van der Waals surface area contributed by atoms with Crippen molar-refractivity contribution in [1.82, 2.24) is 10.2 Å². The van der Waals surface area contributed by atoms with Crippen molar-refractivity contribution < 1.29 is 19.8 Å². The van der Waals surface area contributed by atoms with E-state index in [0.29, 0.717) is 0 Å². The number of carbonyl (C=O) groups excluding carboxylic acids is 1. The van der Waals surface area contributed by atoms with Crippen LogP contribution in [0.1, 0.15) is 32.1 Å². The number of aliphatic carboxylic acids is 1. The first-order valence-corrected chi connectivity index (χ1v) is 6.41. The van der Waals surface area contributed by atoms with Gasteiger partial charge in [0.2, 0.25) is 0 Å². The molecule has 6 heteroatoms. The van der Waals surface area contributed by atoms with Gasteiger partial charge >= 0.3 is 12.0 Å². The maximum Gasteiger partial charge on any atom is 0.326 e. The van der Waals surface area contributed by atoms with Gasteiger partial charge in [0, 0.05) is 13.6 Å². The molecule has 0 heterocycles. The van der Waals surface area contributed by atoms with E-state index in [2.05, 4.69) is 5.32 Å². The summed E-state index contributed by atoms with van der Waals surface area (Å²) in [6.45, 7) is 0.0634. The lowest BCUT2D eigenvalue weighted by Gasteiger charge is -2.29. The molecule has 1 saturated carbocycles. The van der Waals surface area contributed by atoms with Gasteiger partial charge in [0.1, 0.15) is 6.04 Å². The number of nitrogens with zero attached hydrogens (tertiary/aromatic N) is 1. The summed E-state index contributed by atoms with van der Waals surface area (Å²) in [5.74, 6) is -0.963. The van der Waals surface area contributed by atoms with Gasteiger partial charge in [-0.05, 0) is 18.8 Å². The molecule has 0 radical (unpaired) electrons. The van der Waals surface area contributed by atoms with Crippen LogP contribution >= 0.6 is 0 Å². The van der Waals surface area contributed by atoms with E-state index < -0.39 is 18.0 Å². The van der Waals surface area contributed by atoms with E-state index in [-0.39, 0.29) is 19.1 Å². The molecule has 1 aliphatic carbocycles. The molecule has 0 spiro atoms. The van der Waals surface area contributed by atoms with E-state index in [1.54, 1.807) is 0 Å². The number of urea groups is 1. The van der Waals surface area contributed by atoms with Crippen LogP contribution in [0.25, 0.3) is 0 Å². The smallest absolute Gasteiger partial charge is 0.326 e. The third kappa shape index (κ3) is 4.18. The van der Waals surface area contributed by atoms with Crippen LogP contribution in [0.15, 0.2) is 0 Å². The molecule has 0 aliphatic heterocycles. The summed E-state index contributed by atoms with van der Waals surface area (Å²) >= 11 is 0. The zero-order chi connectivity index (χ0) is 13.5. The molecular weight excluding hydrogens is 236 g/mol. The van der Waals surface area contributed by atoms with E-state index in [0.717, 1.165) is 32.1 Å². The molecule has 0 bridgehead atoms. The average molecular weight is 258 g/mol. The minimum atomic E-state index is -0.979. The molecule has 1 unspecified atom stereocenters. The molecule has 18 heavy (non-hydrogen) atoms. The van der Waals surface area contributed by atoms with Crippen LogP contribution in [0.3, 0.4) is 0 Å². The summed E-state index contributed by atoms with van der Waals surface area (Å²) in [5.41, 5.74) is 0. The first-order valence-electron chi connectivity index (χ1n) is 6.41. The predicted octanol–water partition coefficient (Wildman–Crippen LogP) is 0.654. The van der Waals surface area contributed by atoms with Gasteiger partial charge in [-0.3, -0.25) is 0 Å². The Balaban J connectivity index is 2.56. The highest BCUT2D eigenvalue weighted by atomic mass is 16.4. The van der Waals surface area contributed by atoms with Crippen LogP contribution in [0.4, 0.5) is 4.79 Å². The van der Waals surface area contributed by atoms with Crippen LogP contribution in [0, 0.1) is 5.92 Å². The number of likely N-dealkylation sites (N-methyl/N-ethyl adjacent to an activating group) is 1. The Morgan fingerprint density at radius 1 is 1.33 bits per heavy atom. The van der Waals surface area contributed by atoms with E-state index >= 15 is 0 Å². The van der Waals surface area contributed by atoms with Crippen molar-refractivity contribution in [2.45, 2.75) is 38.1 Å². The number of carboxylic acids is 1. The van der Waals surface area contributed by atoms with Crippen molar-refractivity contribution >= 4 is 12.0 Å². The number of carbonyl (C=O) groups is 2. The van der Waals surface area contributed by atoms with Crippen molar-refractivity contribution in [1.29, 1.82) is 0 Å². The van der Waals surface area contributed by atoms with Gasteiger partial charge in [-0.2, -0.15) is 0 Å². The quantitative estimate of drug-likeness (QED) is 0.675. The normalized spacial score (nSPS) is 18.1. The summed E-state index contributed by atoms with van der Waals surface area (Å²) in [5, 5.41) is 20.5. The third-order valence-electron chi connectivity index (χ3n) is 3.45. The van der Waals surface area contributed by atoms with Crippen LogP contribution in [-0.4, -0.2) is 53.4 Å². The Hall–Kier alpha value is -1.30. The number of nitrogens with one attached hydrogen (secondary N) is 1. The molecular formula is C12H22N2O4. The summed E-state index contributed by atoms with van der Waals surface area (Å²) in [6, 6.07) is -1.26. The molecule has 1 fully saturated rings. The molecule has 1 atom stereocenters. The first-order chi connectivity index (χ1) is 8.56. The summed E-state index contributed by atoms with van der Waals surface area (Å²) in [6.07, 6.45) is 4.89. The second-order valence-electron chi connectivity index (χ2n) is 4.81. The van der Waals surface area contributed by atoms with Gasteiger partial charge in [0.05, 0.1) is 6.61 Å². The van der Waals surface area contributed by atoms with Gasteiger partial charge in [-0.15, -0.1) is 0 Å². The molecule has 104 valence electrons. The maximum atomic E-state index is 11.7. The Morgan fingerprint density at radius 3 is 2.44 bits per heavy atom. The Labute approximate surface area is 107 Å². The highest BCUT2D eigenvalue weighted by Gasteiger charge is 2.31. The number of hydrogen-bond acceptors (Lipinski definition) is 3. The number of carboxylic acid groups (broad SMARTS) is 1. The summed E-state index contributed by atoms with van der Waals surface area (Å²) < 4.78 is 0. The highest BCUT2D eigenvalue weighted by molar-refractivity contribution is 5.82. The summed E-state index contributed by atoms with van der Waals surface area (Å²) in [7, 11) is 1.53. The first kappa shape index (κ1) is 14.8. The number of aliphatic hydroxyl groups excluding tert-OH is 1. The van der Waals surface area contributed by atoms with Gasteiger partial charge in [-0.25, -0.2) is 9.59 Å². The monoisotopic (exact) mass is 258 g/mol. The fourth-order valence-electron chi connectivity index (χ4n) is 2.34. The molecule has 3 N–H and O–H groups in total. The SMILES string of the molecule is CN(CCO)C(=O)NC(C(=O)O)C1CCCCC1. The molecule has 1 aliphatic rings. The molecule has 0 aromatic heterocycles. The van der Waals surface area contributed by atoms with Gasteiger partial charge < -0.3 is 20.4 Å². The van der Waals surface area contributed by atoms with Gasteiger partial charge in [-0.1, -0.05) is 19.3 Å². The van der Waals surface area contributed by atoms with E-state index in [4.69, 9.17) is 5.11 Å². The van der Waals surface area contributed by atoms with Crippen LogP contribution in [-0.2, 0) is 4.79 Å². The van der Waals surface area contributed by atoms with E-state index in [1.807, 2.05) is 0 Å². The minimum Gasteiger partial charge on any atom is -0.480 e. The second-order valence-corrected chi connectivity index (χ2v) is 4.81. The van der Waals surface area contributed by atoms with E-state index in [9.17, 15) is 14.7 Å². The second kappa shape index (κ2) is 7.20. The van der Waals surface area contributed by atoms with Crippen LogP contribution in [0.5, 0.6) is 0 Å². The molecule has 0 saturated heterocycles. The van der Waals surface area contributed by atoms with Gasteiger partial charge in [0.15, 0.2) is 0 Å². The summed E-state index contributed by atoms with van der Waals surface area (Å²) in [4.78, 5) is 24.3. The predicted molar refractivity (Wildman–Crippen MR) is 66.2 cm³/mol. The lowest BCUT2D eigenvalue weighted by Crippen LogP contribution is -2.51. The fraction of sp³-hybridized carbons (Fsp3) is 0.833. The Bertz CT molecular complexity index is 290. The zero-order valence-corrected chi connectivity index (χ0v) is 10.8. The number of hydrogen-bond donors (Lipinski definition) is 3. The van der Waals surface area contributed by atoms with Crippen molar-refractivity contribution in [3.05, 3.63) is 0 Å². The standard InChI is InChI=1S/C12H22N2O4/c1-14(7-8-15)12(18)13-10(11(16)17)9-5-3-2-4-6-9/h9-10,15H,2-8H2,1H3,(H,13,18)(H,16,17). The average Bonchev–Trinajstić information content (AvgIpc) is 2.36. The number of rotatable bonds is 5. The van der Waals surface area contributed by atoms with Crippen molar-refractivity contribution in [3.63, 3.8) is 0 Å². The Morgan fingerprint density at radius 2 is 1.94 bits per heavy atom. The maximum absolute atomic E-state index is 11.7. The zero-order valence-electron chi connectivity index (χ0n) is 10.8. The molecule has 6 nitrogen and oxygen atoms in total. The molecule has 2 amide bonds. The van der Waals surface area contributed by atoms with Crippen LogP contribution < -0.4 is 5.32 Å². The highest BCUT2D eigenvalue weighted by Crippen LogP contribution is 2.26. The number of amides is 2.